The molecule has 134 valence electrons. The van der Waals surface area contributed by atoms with E-state index in [9.17, 15) is 0 Å². The Morgan fingerprint density at radius 1 is 0.500 bits per heavy atom. The lowest BCUT2D eigenvalue weighted by molar-refractivity contribution is 0.791. The van der Waals surface area contributed by atoms with Crippen LogP contribution in [0.1, 0.15) is 38.9 Å². The molecular weight excluding hydrogens is 336 g/mol. The molecule has 0 N–H and O–H groups in total. The number of fused-ring (bicyclic) bond motifs is 10. The SMILES string of the molecule is Cc1ccc2c(c1)C1(c3ccccc3-c3ccccc31)c1cc(C)cc(C)c1-2. The van der Waals surface area contributed by atoms with Crippen molar-refractivity contribution in [2.75, 3.05) is 0 Å². The third kappa shape index (κ3) is 1.72. The predicted molar refractivity (Wildman–Crippen MR) is 117 cm³/mol. The molecule has 0 aliphatic heterocycles. The first-order chi connectivity index (χ1) is 13.6. The third-order valence-electron chi connectivity index (χ3n) is 6.68. The highest BCUT2D eigenvalue weighted by atomic mass is 14.5. The number of aryl methyl sites for hydroxylation is 3. The van der Waals surface area contributed by atoms with E-state index in [-0.39, 0.29) is 5.41 Å². The van der Waals surface area contributed by atoms with Gasteiger partial charge in [0, 0.05) is 0 Å². The van der Waals surface area contributed by atoms with Gasteiger partial charge in [0.2, 0.25) is 0 Å². The highest BCUT2D eigenvalue weighted by Gasteiger charge is 2.51. The van der Waals surface area contributed by atoms with Crippen molar-refractivity contribution in [1.82, 2.24) is 0 Å². The second-order valence-corrected chi connectivity index (χ2v) is 8.39. The molecule has 0 bridgehead atoms. The maximum Gasteiger partial charge on any atom is 0.0725 e. The van der Waals surface area contributed by atoms with Gasteiger partial charge in [-0.3, -0.25) is 0 Å². The summed E-state index contributed by atoms with van der Waals surface area (Å²) in [5.41, 5.74) is 15.1. The normalized spacial score (nSPS) is 14.5. The molecule has 0 unspecified atom stereocenters. The zero-order valence-electron chi connectivity index (χ0n) is 16.5. The second kappa shape index (κ2) is 5.23. The van der Waals surface area contributed by atoms with Gasteiger partial charge in [-0.25, -0.2) is 0 Å². The Balaban J connectivity index is 1.89. The molecule has 0 radical (unpaired) electrons. The topological polar surface area (TPSA) is 0 Å². The Kier molecular flexibility index (Phi) is 2.97. The van der Waals surface area contributed by atoms with Gasteiger partial charge >= 0.3 is 0 Å². The summed E-state index contributed by atoms with van der Waals surface area (Å²) in [7, 11) is 0. The fraction of sp³-hybridized carbons (Fsp3) is 0.143. The fourth-order valence-corrected chi connectivity index (χ4v) is 5.77. The lowest BCUT2D eigenvalue weighted by Crippen LogP contribution is -2.26. The minimum Gasteiger partial charge on any atom is -0.0619 e. The van der Waals surface area contributed by atoms with Gasteiger partial charge in [-0.05, 0) is 70.8 Å². The van der Waals surface area contributed by atoms with E-state index in [1.165, 1.54) is 61.2 Å². The van der Waals surface area contributed by atoms with Crippen molar-refractivity contribution in [3.8, 4) is 22.3 Å². The maximum absolute atomic E-state index is 2.43. The van der Waals surface area contributed by atoms with Crippen LogP contribution in [0.2, 0.25) is 0 Å². The minimum absolute atomic E-state index is 0.208. The Bertz CT molecular complexity index is 1240. The maximum atomic E-state index is 2.43. The molecule has 2 aliphatic rings. The first-order valence-corrected chi connectivity index (χ1v) is 10.0. The largest absolute Gasteiger partial charge is 0.0725 e. The van der Waals surface area contributed by atoms with E-state index in [4.69, 9.17) is 0 Å². The summed E-state index contributed by atoms with van der Waals surface area (Å²) in [6.07, 6.45) is 0. The Labute approximate surface area is 166 Å². The standard InChI is InChI=1S/C28H22/c1-17-12-13-22-25(15-17)28(26-16-18(2)14-19(3)27(22)26)23-10-6-4-8-20(23)21-9-5-7-11-24(21)28/h4-16H,1-3H3. The molecule has 0 fully saturated rings. The zero-order chi connectivity index (χ0) is 19.0. The number of hydrogen-bond donors (Lipinski definition) is 0. The summed E-state index contributed by atoms with van der Waals surface area (Å²) in [5.74, 6) is 0. The van der Waals surface area contributed by atoms with E-state index < -0.39 is 0 Å². The van der Waals surface area contributed by atoms with Crippen LogP contribution in [0.25, 0.3) is 22.3 Å². The first kappa shape index (κ1) is 15.9. The zero-order valence-corrected chi connectivity index (χ0v) is 16.5. The summed E-state index contributed by atoms with van der Waals surface area (Å²) < 4.78 is 0. The van der Waals surface area contributed by atoms with Crippen molar-refractivity contribution >= 4 is 0 Å². The molecule has 0 nitrogen and oxygen atoms in total. The van der Waals surface area contributed by atoms with E-state index in [0.29, 0.717) is 0 Å². The van der Waals surface area contributed by atoms with Crippen LogP contribution in [0, 0.1) is 20.8 Å². The van der Waals surface area contributed by atoms with Gasteiger partial charge in [0.1, 0.15) is 0 Å². The Morgan fingerprint density at radius 2 is 1.11 bits per heavy atom. The van der Waals surface area contributed by atoms with Crippen molar-refractivity contribution in [2.24, 2.45) is 0 Å². The van der Waals surface area contributed by atoms with E-state index in [2.05, 4.69) is 99.6 Å². The van der Waals surface area contributed by atoms with Crippen LogP contribution in [0.3, 0.4) is 0 Å². The molecule has 1 spiro atoms. The highest BCUT2D eigenvalue weighted by molar-refractivity contribution is 5.96. The molecule has 0 heterocycles. The molecule has 0 amide bonds. The molecule has 0 heteroatoms. The minimum atomic E-state index is -0.208. The second-order valence-electron chi connectivity index (χ2n) is 8.39. The average Bonchev–Trinajstić information content (AvgIpc) is 3.15. The molecule has 0 atom stereocenters. The molecule has 2 aliphatic carbocycles. The van der Waals surface area contributed by atoms with Gasteiger partial charge in [-0.1, -0.05) is 90.0 Å². The van der Waals surface area contributed by atoms with E-state index >= 15 is 0 Å². The first-order valence-electron chi connectivity index (χ1n) is 10.0. The average molecular weight is 358 g/mol. The summed E-state index contributed by atoms with van der Waals surface area (Å²) in [4.78, 5) is 0. The number of hydrogen-bond acceptors (Lipinski definition) is 0. The van der Waals surface area contributed by atoms with Crippen LogP contribution < -0.4 is 0 Å². The quantitative estimate of drug-likeness (QED) is 0.275. The van der Waals surface area contributed by atoms with Crippen LogP contribution in [-0.4, -0.2) is 0 Å². The predicted octanol–water partition coefficient (Wildman–Crippen LogP) is 6.96. The van der Waals surface area contributed by atoms with Crippen molar-refractivity contribution < 1.29 is 0 Å². The summed E-state index contributed by atoms with van der Waals surface area (Å²) in [5, 5.41) is 0. The van der Waals surface area contributed by atoms with Crippen molar-refractivity contribution in [2.45, 2.75) is 26.2 Å². The van der Waals surface area contributed by atoms with Crippen molar-refractivity contribution in [3.05, 3.63) is 118 Å². The monoisotopic (exact) mass is 358 g/mol. The van der Waals surface area contributed by atoms with Crippen molar-refractivity contribution in [3.63, 3.8) is 0 Å². The number of benzene rings is 4. The summed E-state index contributed by atoms with van der Waals surface area (Å²) >= 11 is 0. The lowest BCUT2D eigenvalue weighted by Gasteiger charge is -2.31. The summed E-state index contributed by atoms with van der Waals surface area (Å²) in [6.45, 7) is 6.70. The molecular formula is C28H22. The molecule has 4 aromatic carbocycles. The van der Waals surface area contributed by atoms with Crippen LogP contribution in [0.5, 0.6) is 0 Å². The van der Waals surface area contributed by atoms with Gasteiger partial charge in [-0.2, -0.15) is 0 Å². The lowest BCUT2D eigenvalue weighted by atomic mass is 9.70. The van der Waals surface area contributed by atoms with Crippen LogP contribution >= 0.6 is 0 Å². The van der Waals surface area contributed by atoms with Crippen LogP contribution in [-0.2, 0) is 5.41 Å². The van der Waals surface area contributed by atoms with Crippen molar-refractivity contribution in [1.29, 1.82) is 0 Å². The Hall–Kier alpha value is -3.12. The van der Waals surface area contributed by atoms with E-state index in [1.807, 2.05) is 0 Å². The van der Waals surface area contributed by atoms with Gasteiger partial charge in [0.05, 0.1) is 5.41 Å². The molecule has 0 aromatic heterocycles. The van der Waals surface area contributed by atoms with Gasteiger partial charge in [0.15, 0.2) is 0 Å². The van der Waals surface area contributed by atoms with Gasteiger partial charge < -0.3 is 0 Å². The Morgan fingerprint density at radius 3 is 1.79 bits per heavy atom. The van der Waals surface area contributed by atoms with E-state index in [1.54, 1.807) is 0 Å². The number of rotatable bonds is 0. The van der Waals surface area contributed by atoms with Crippen LogP contribution in [0.4, 0.5) is 0 Å². The third-order valence-corrected chi connectivity index (χ3v) is 6.68. The molecule has 0 saturated heterocycles. The molecule has 28 heavy (non-hydrogen) atoms. The van der Waals surface area contributed by atoms with Crippen LogP contribution in [0.15, 0.2) is 78.9 Å². The van der Waals surface area contributed by atoms with E-state index in [0.717, 1.165) is 0 Å². The molecule has 4 aromatic rings. The fourth-order valence-electron chi connectivity index (χ4n) is 5.77. The highest BCUT2D eigenvalue weighted by Crippen LogP contribution is 2.63. The summed E-state index contributed by atoms with van der Waals surface area (Å²) in [6, 6.07) is 29.8. The molecule has 6 rings (SSSR count). The van der Waals surface area contributed by atoms with Gasteiger partial charge in [-0.15, -0.1) is 0 Å². The van der Waals surface area contributed by atoms with Gasteiger partial charge in [0.25, 0.3) is 0 Å². The molecule has 0 saturated carbocycles. The smallest absolute Gasteiger partial charge is 0.0619 e.